The fourth-order valence-electron chi connectivity index (χ4n) is 3.37. The summed E-state index contributed by atoms with van der Waals surface area (Å²) in [5, 5.41) is 3.34. The quantitative estimate of drug-likeness (QED) is 0.528. The highest BCUT2D eigenvalue weighted by Gasteiger charge is 2.22. The minimum Gasteiger partial charge on any atom is -0.376 e. The van der Waals surface area contributed by atoms with E-state index in [1.165, 1.54) is 17.0 Å². The van der Waals surface area contributed by atoms with E-state index in [0.717, 1.165) is 24.0 Å². The fourth-order valence-corrected chi connectivity index (χ4v) is 4.47. The number of ether oxygens (including phenoxy) is 1. The van der Waals surface area contributed by atoms with Crippen molar-refractivity contribution in [1.29, 1.82) is 0 Å². The molecule has 8 nitrogen and oxygen atoms in total. The molecule has 1 unspecified atom stereocenters. The van der Waals surface area contributed by atoms with Crippen molar-refractivity contribution < 1.29 is 22.7 Å². The second-order valence-corrected chi connectivity index (χ2v) is 10.2. The summed E-state index contributed by atoms with van der Waals surface area (Å²) in [6, 6.07) is 13.2. The van der Waals surface area contributed by atoms with Gasteiger partial charge in [-0.15, -0.1) is 0 Å². The highest BCUT2D eigenvalue weighted by atomic mass is 35.5. The van der Waals surface area contributed by atoms with Crippen molar-refractivity contribution in [3.63, 3.8) is 0 Å². The van der Waals surface area contributed by atoms with Crippen LogP contribution in [-0.4, -0.2) is 57.5 Å². The summed E-state index contributed by atoms with van der Waals surface area (Å²) in [6.07, 6.45) is 1.83. The summed E-state index contributed by atoms with van der Waals surface area (Å²) in [5.41, 5.74) is 1.69. The standard InChI is InChI=1S/C23H28ClN3O5S/c1-17-4-10-21(11-5-17)33(30,31)26-14-23(29)27(15-18-6-8-19(24)9-7-18)16-22(28)25-13-20-3-2-12-32-20/h4-11,20,26H,2-3,12-16H2,1H3,(H,25,28). The average Bonchev–Trinajstić information content (AvgIpc) is 3.31. The van der Waals surface area contributed by atoms with Crippen LogP contribution in [0, 0.1) is 6.92 Å². The predicted molar refractivity (Wildman–Crippen MR) is 125 cm³/mol. The summed E-state index contributed by atoms with van der Waals surface area (Å²) in [5.74, 6) is -0.859. The monoisotopic (exact) mass is 493 g/mol. The van der Waals surface area contributed by atoms with Gasteiger partial charge < -0.3 is 15.0 Å². The molecule has 0 spiro atoms. The lowest BCUT2D eigenvalue weighted by molar-refractivity contribution is -0.135. The Morgan fingerprint density at radius 2 is 1.82 bits per heavy atom. The molecule has 2 aromatic rings. The number of sulfonamides is 1. The van der Waals surface area contributed by atoms with Gasteiger partial charge in [0.1, 0.15) is 0 Å². The second kappa shape index (κ2) is 11.6. The lowest BCUT2D eigenvalue weighted by Gasteiger charge is -2.23. The van der Waals surface area contributed by atoms with Gasteiger partial charge in [-0.05, 0) is 49.6 Å². The third kappa shape index (κ3) is 7.82. The zero-order valence-corrected chi connectivity index (χ0v) is 20.0. The molecule has 1 aliphatic rings. The summed E-state index contributed by atoms with van der Waals surface area (Å²) >= 11 is 5.93. The molecular formula is C23H28ClN3O5S. The Kier molecular flexibility index (Phi) is 8.85. The molecular weight excluding hydrogens is 466 g/mol. The van der Waals surface area contributed by atoms with Gasteiger partial charge >= 0.3 is 0 Å². The highest BCUT2D eigenvalue weighted by Crippen LogP contribution is 2.13. The number of amides is 2. The Morgan fingerprint density at radius 1 is 1.12 bits per heavy atom. The first-order valence-electron chi connectivity index (χ1n) is 10.7. The van der Waals surface area contributed by atoms with Crippen molar-refractivity contribution in [2.75, 3.05) is 26.2 Å². The van der Waals surface area contributed by atoms with Gasteiger partial charge in [-0.3, -0.25) is 9.59 Å². The van der Waals surface area contributed by atoms with Crippen molar-refractivity contribution in [2.45, 2.75) is 37.3 Å². The van der Waals surface area contributed by atoms with E-state index in [2.05, 4.69) is 10.0 Å². The van der Waals surface area contributed by atoms with Crippen molar-refractivity contribution in [2.24, 2.45) is 0 Å². The van der Waals surface area contributed by atoms with E-state index in [1.807, 2.05) is 6.92 Å². The first-order valence-corrected chi connectivity index (χ1v) is 12.6. The lowest BCUT2D eigenvalue weighted by Crippen LogP contribution is -2.45. The number of carbonyl (C=O) groups is 2. The molecule has 1 aliphatic heterocycles. The van der Waals surface area contributed by atoms with Gasteiger partial charge in [0, 0.05) is 24.7 Å². The average molecular weight is 494 g/mol. The van der Waals surface area contributed by atoms with Crippen LogP contribution in [0.15, 0.2) is 53.4 Å². The minimum atomic E-state index is -3.87. The molecule has 1 fully saturated rings. The first-order chi connectivity index (χ1) is 15.7. The summed E-state index contributed by atoms with van der Waals surface area (Å²) in [4.78, 5) is 26.8. The largest absolute Gasteiger partial charge is 0.376 e. The molecule has 3 rings (SSSR count). The van der Waals surface area contributed by atoms with Gasteiger partial charge in [0.2, 0.25) is 21.8 Å². The maximum atomic E-state index is 12.9. The minimum absolute atomic E-state index is 0.0179. The van der Waals surface area contributed by atoms with Crippen LogP contribution < -0.4 is 10.0 Å². The van der Waals surface area contributed by atoms with Crippen molar-refractivity contribution in [3.05, 3.63) is 64.7 Å². The van der Waals surface area contributed by atoms with E-state index < -0.39 is 22.5 Å². The lowest BCUT2D eigenvalue weighted by atomic mass is 10.2. The fraction of sp³-hybridized carbons (Fsp3) is 0.391. The first kappa shape index (κ1) is 25.2. The van der Waals surface area contributed by atoms with E-state index in [4.69, 9.17) is 16.3 Å². The molecule has 0 aliphatic carbocycles. The Hall–Kier alpha value is -2.46. The van der Waals surface area contributed by atoms with E-state index in [-0.39, 0.29) is 30.0 Å². The van der Waals surface area contributed by atoms with E-state index in [0.29, 0.717) is 18.2 Å². The van der Waals surface area contributed by atoms with Crippen LogP contribution in [0.4, 0.5) is 0 Å². The molecule has 2 N–H and O–H groups in total. The molecule has 2 aromatic carbocycles. The molecule has 178 valence electrons. The molecule has 0 aromatic heterocycles. The van der Waals surface area contributed by atoms with Crippen LogP contribution >= 0.6 is 11.6 Å². The number of hydrogen-bond acceptors (Lipinski definition) is 5. The SMILES string of the molecule is Cc1ccc(S(=O)(=O)NCC(=O)N(CC(=O)NCC2CCCO2)Cc2ccc(Cl)cc2)cc1. The molecule has 1 saturated heterocycles. The van der Waals surface area contributed by atoms with Crippen LogP contribution in [0.25, 0.3) is 0 Å². The van der Waals surface area contributed by atoms with Gasteiger partial charge in [-0.25, -0.2) is 13.1 Å². The number of hydrogen-bond donors (Lipinski definition) is 2. The van der Waals surface area contributed by atoms with Gasteiger partial charge in [-0.2, -0.15) is 0 Å². The molecule has 33 heavy (non-hydrogen) atoms. The number of aryl methyl sites for hydroxylation is 1. The molecule has 10 heteroatoms. The van der Waals surface area contributed by atoms with Gasteiger partial charge in [0.15, 0.2) is 0 Å². The highest BCUT2D eigenvalue weighted by molar-refractivity contribution is 7.89. The van der Waals surface area contributed by atoms with Crippen LogP contribution in [0.5, 0.6) is 0 Å². The molecule has 2 amide bonds. The Labute approximate surface area is 199 Å². The number of nitrogens with one attached hydrogen (secondary N) is 2. The normalized spacial score (nSPS) is 15.9. The maximum Gasteiger partial charge on any atom is 0.241 e. The second-order valence-electron chi connectivity index (χ2n) is 7.95. The van der Waals surface area contributed by atoms with Gasteiger partial charge in [0.05, 0.1) is 24.1 Å². The summed E-state index contributed by atoms with van der Waals surface area (Å²) in [6.45, 7) is 2.37. The Bertz CT molecular complexity index is 1050. The number of benzene rings is 2. The zero-order chi connectivity index (χ0) is 23.8. The number of rotatable bonds is 10. The predicted octanol–water partition coefficient (Wildman–Crippen LogP) is 2.25. The van der Waals surface area contributed by atoms with Crippen molar-refractivity contribution in [1.82, 2.24) is 14.9 Å². The third-order valence-electron chi connectivity index (χ3n) is 5.27. The van der Waals surface area contributed by atoms with Crippen LogP contribution in [0.2, 0.25) is 5.02 Å². The summed E-state index contributed by atoms with van der Waals surface area (Å²) < 4.78 is 32.9. The number of halogens is 1. The number of carbonyl (C=O) groups excluding carboxylic acids is 2. The number of nitrogens with zero attached hydrogens (tertiary/aromatic N) is 1. The van der Waals surface area contributed by atoms with E-state index >= 15 is 0 Å². The van der Waals surface area contributed by atoms with E-state index in [9.17, 15) is 18.0 Å². The molecule has 0 bridgehead atoms. The van der Waals surface area contributed by atoms with Crippen LogP contribution in [0.1, 0.15) is 24.0 Å². The maximum absolute atomic E-state index is 12.9. The molecule has 1 atom stereocenters. The third-order valence-corrected chi connectivity index (χ3v) is 6.94. The topological polar surface area (TPSA) is 105 Å². The molecule has 1 heterocycles. The Morgan fingerprint density at radius 3 is 2.45 bits per heavy atom. The van der Waals surface area contributed by atoms with Gasteiger partial charge in [0.25, 0.3) is 0 Å². The van der Waals surface area contributed by atoms with E-state index in [1.54, 1.807) is 36.4 Å². The smallest absolute Gasteiger partial charge is 0.241 e. The molecule has 0 saturated carbocycles. The van der Waals surface area contributed by atoms with Crippen molar-refractivity contribution >= 4 is 33.4 Å². The Balaban J connectivity index is 1.64. The molecule has 0 radical (unpaired) electrons. The summed E-state index contributed by atoms with van der Waals surface area (Å²) in [7, 11) is -3.87. The van der Waals surface area contributed by atoms with Gasteiger partial charge in [-0.1, -0.05) is 41.4 Å². The van der Waals surface area contributed by atoms with Crippen LogP contribution in [-0.2, 0) is 30.9 Å². The van der Waals surface area contributed by atoms with Crippen LogP contribution in [0.3, 0.4) is 0 Å². The van der Waals surface area contributed by atoms with Crippen molar-refractivity contribution in [3.8, 4) is 0 Å². The zero-order valence-electron chi connectivity index (χ0n) is 18.4.